The maximum absolute atomic E-state index is 12.5. The molecular weight excluding hydrogens is 285 g/mol. The predicted octanol–water partition coefficient (Wildman–Crippen LogP) is 2.55. The Morgan fingerprint density at radius 1 is 1.26 bits per heavy atom. The van der Waals surface area contributed by atoms with Crippen molar-refractivity contribution in [2.45, 2.75) is 25.9 Å². The molecule has 1 aliphatic heterocycles. The van der Waals surface area contributed by atoms with E-state index in [1.807, 2.05) is 4.90 Å². The Balaban J connectivity index is 2.20. The highest BCUT2D eigenvalue weighted by Crippen LogP contribution is 2.21. The van der Waals surface area contributed by atoms with Crippen LogP contribution in [0.1, 0.15) is 24.2 Å². The van der Waals surface area contributed by atoms with Crippen LogP contribution in [0.3, 0.4) is 0 Å². The Morgan fingerprint density at radius 2 is 1.84 bits per heavy atom. The summed E-state index contributed by atoms with van der Waals surface area (Å²) in [6.45, 7) is 5.60. The molecule has 0 bridgehead atoms. The standard InChI is InChI=1S/C13H17Cl2N3O/c1-8-6-18(7-9(2)17(8)3)13(19)10-4-5-11(14)16-12(10)15/h4-5,8-9H,6-7H2,1-3H3. The van der Waals surface area contributed by atoms with Gasteiger partial charge < -0.3 is 4.90 Å². The van der Waals surface area contributed by atoms with Crippen LogP contribution in [0.4, 0.5) is 0 Å². The van der Waals surface area contributed by atoms with E-state index in [-0.39, 0.29) is 11.1 Å². The van der Waals surface area contributed by atoms with E-state index in [0.717, 1.165) is 0 Å². The van der Waals surface area contributed by atoms with Crippen molar-refractivity contribution in [3.63, 3.8) is 0 Å². The molecule has 2 unspecified atom stereocenters. The summed E-state index contributed by atoms with van der Waals surface area (Å²) in [5.74, 6) is -0.0824. The van der Waals surface area contributed by atoms with Gasteiger partial charge in [0, 0.05) is 25.2 Å². The number of nitrogens with zero attached hydrogens (tertiary/aromatic N) is 3. The van der Waals surface area contributed by atoms with Gasteiger partial charge >= 0.3 is 0 Å². The highest BCUT2D eigenvalue weighted by Gasteiger charge is 2.30. The summed E-state index contributed by atoms with van der Waals surface area (Å²) in [5.41, 5.74) is 0.412. The molecule has 2 atom stereocenters. The van der Waals surface area contributed by atoms with Gasteiger partial charge in [-0.05, 0) is 33.0 Å². The monoisotopic (exact) mass is 301 g/mol. The molecule has 0 aromatic carbocycles. The van der Waals surface area contributed by atoms with Gasteiger partial charge in [-0.1, -0.05) is 23.2 Å². The molecule has 1 amide bonds. The van der Waals surface area contributed by atoms with Crippen LogP contribution in [0.15, 0.2) is 12.1 Å². The molecule has 1 aromatic heterocycles. The summed E-state index contributed by atoms with van der Waals surface area (Å²) in [6.07, 6.45) is 0. The van der Waals surface area contributed by atoms with E-state index in [1.54, 1.807) is 12.1 Å². The molecule has 1 saturated heterocycles. The number of pyridine rings is 1. The third kappa shape index (κ3) is 3.02. The van der Waals surface area contributed by atoms with E-state index in [1.165, 1.54) is 0 Å². The van der Waals surface area contributed by atoms with Gasteiger partial charge in [-0.3, -0.25) is 9.69 Å². The zero-order valence-electron chi connectivity index (χ0n) is 11.2. The van der Waals surface area contributed by atoms with Crippen LogP contribution in [0, 0.1) is 0 Å². The molecule has 0 saturated carbocycles. The van der Waals surface area contributed by atoms with Crippen molar-refractivity contribution in [2.75, 3.05) is 20.1 Å². The molecule has 0 radical (unpaired) electrons. The highest BCUT2D eigenvalue weighted by atomic mass is 35.5. The van der Waals surface area contributed by atoms with E-state index < -0.39 is 0 Å². The van der Waals surface area contributed by atoms with Gasteiger partial charge in [0.25, 0.3) is 5.91 Å². The quantitative estimate of drug-likeness (QED) is 0.748. The first kappa shape index (κ1) is 14.6. The Labute approximate surface area is 123 Å². The fourth-order valence-corrected chi connectivity index (χ4v) is 2.74. The number of rotatable bonds is 1. The fraction of sp³-hybridized carbons (Fsp3) is 0.538. The summed E-state index contributed by atoms with van der Waals surface area (Å²) in [7, 11) is 2.08. The Hall–Kier alpha value is -0.840. The van der Waals surface area contributed by atoms with Crippen molar-refractivity contribution in [3.8, 4) is 0 Å². The van der Waals surface area contributed by atoms with Crippen molar-refractivity contribution in [3.05, 3.63) is 28.0 Å². The van der Waals surface area contributed by atoms with Gasteiger partial charge in [0.15, 0.2) is 0 Å². The minimum Gasteiger partial charge on any atom is -0.335 e. The Bertz CT molecular complexity index is 483. The lowest BCUT2D eigenvalue weighted by atomic mass is 10.1. The maximum atomic E-state index is 12.5. The summed E-state index contributed by atoms with van der Waals surface area (Å²) in [6, 6.07) is 3.87. The molecule has 19 heavy (non-hydrogen) atoms. The van der Waals surface area contributed by atoms with Crippen LogP contribution in [-0.4, -0.2) is 52.9 Å². The van der Waals surface area contributed by atoms with Gasteiger partial charge in [0.05, 0.1) is 5.56 Å². The lowest BCUT2D eigenvalue weighted by Gasteiger charge is -2.42. The summed E-state index contributed by atoms with van der Waals surface area (Å²) < 4.78 is 0. The largest absolute Gasteiger partial charge is 0.335 e. The Morgan fingerprint density at radius 3 is 2.37 bits per heavy atom. The number of aromatic nitrogens is 1. The molecule has 104 valence electrons. The average Bonchev–Trinajstić information content (AvgIpc) is 2.34. The van der Waals surface area contributed by atoms with Gasteiger partial charge in [-0.2, -0.15) is 0 Å². The number of carbonyl (C=O) groups is 1. The van der Waals surface area contributed by atoms with Gasteiger partial charge in [0.1, 0.15) is 10.3 Å². The van der Waals surface area contributed by atoms with Crippen molar-refractivity contribution in [1.29, 1.82) is 0 Å². The second-order valence-corrected chi connectivity index (χ2v) is 5.79. The molecule has 1 aromatic rings. The van der Waals surface area contributed by atoms with E-state index in [4.69, 9.17) is 23.2 Å². The zero-order chi connectivity index (χ0) is 14.2. The van der Waals surface area contributed by atoms with Crippen LogP contribution < -0.4 is 0 Å². The molecule has 0 spiro atoms. The molecule has 4 nitrogen and oxygen atoms in total. The number of hydrogen-bond acceptors (Lipinski definition) is 3. The molecule has 6 heteroatoms. The van der Waals surface area contributed by atoms with Crippen LogP contribution in [0.5, 0.6) is 0 Å². The van der Waals surface area contributed by atoms with Crippen molar-refractivity contribution in [1.82, 2.24) is 14.8 Å². The van der Waals surface area contributed by atoms with Gasteiger partial charge in [-0.15, -0.1) is 0 Å². The first-order valence-electron chi connectivity index (χ1n) is 6.23. The normalized spacial score (nSPS) is 24.6. The van der Waals surface area contributed by atoms with E-state index >= 15 is 0 Å². The Kier molecular flexibility index (Phi) is 4.33. The first-order valence-corrected chi connectivity index (χ1v) is 6.99. The minimum atomic E-state index is -0.0824. The van der Waals surface area contributed by atoms with Crippen LogP contribution >= 0.6 is 23.2 Å². The average molecular weight is 302 g/mol. The van der Waals surface area contributed by atoms with Crippen LogP contribution in [0.25, 0.3) is 0 Å². The number of hydrogen-bond donors (Lipinski definition) is 0. The summed E-state index contributed by atoms with van der Waals surface area (Å²) >= 11 is 11.7. The summed E-state index contributed by atoms with van der Waals surface area (Å²) in [4.78, 5) is 20.5. The lowest BCUT2D eigenvalue weighted by Crippen LogP contribution is -2.56. The minimum absolute atomic E-state index is 0.0824. The molecule has 0 N–H and O–H groups in total. The molecule has 2 heterocycles. The van der Waals surface area contributed by atoms with Crippen molar-refractivity contribution < 1.29 is 4.79 Å². The second-order valence-electron chi connectivity index (χ2n) is 5.05. The number of likely N-dealkylation sites (N-methyl/N-ethyl adjacent to an activating group) is 1. The smallest absolute Gasteiger partial charge is 0.257 e. The zero-order valence-corrected chi connectivity index (χ0v) is 12.7. The highest BCUT2D eigenvalue weighted by molar-refractivity contribution is 6.34. The van der Waals surface area contributed by atoms with Gasteiger partial charge in [-0.25, -0.2) is 4.98 Å². The summed E-state index contributed by atoms with van der Waals surface area (Å²) in [5, 5.41) is 0.457. The van der Waals surface area contributed by atoms with Crippen LogP contribution in [0.2, 0.25) is 10.3 Å². The van der Waals surface area contributed by atoms with E-state index in [2.05, 4.69) is 30.8 Å². The molecule has 1 fully saturated rings. The maximum Gasteiger partial charge on any atom is 0.257 e. The number of amides is 1. The molecule has 1 aliphatic rings. The molecule has 0 aliphatic carbocycles. The third-order valence-electron chi connectivity index (χ3n) is 3.69. The lowest BCUT2D eigenvalue weighted by molar-refractivity contribution is 0.0414. The van der Waals surface area contributed by atoms with Crippen molar-refractivity contribution in [2.24, 2.45) is 0 Å². The number of piperazine rings is 1. The van der Waals surface area contributed by atoms with Crippen LogP contribution in [-0.2, 0) is 0 Å². The third-order valence-corrected chi connectivity index (χ3v) is 4.19. The molecular formula is C13H17Cl2N3O. The van der Waals surface area contributed by atoms with Crippen molar-refractivity contribution >= 4 is 29.1 Å². The SMILES string of the molecule is CC1CN(C(=O)c2ccc(Cl)nc2Cl)CC(C)N1C. The second kappa shape index (κ2) is 5.65. The van der Waals surface area contributed by atoms with E-state index in [0.29, 0.717) is 35.9 Å². The topological polar surface area (TPSA) is 36.4 Å². The number of halogens is 2. The predicted molar refractivity (Wildman–Crippen MR) is 76.8 cm³/mol. The first-order chi connectivity index (χ1) is 8.90. The van der Waals surface area contributed by atoms with Gasteiger partial charge in [0.2, 0.25) is 0 Å². The fourth-order valence-electron chi connectivity index (χ4n) is 2.31. The molecule has 2 rings (SSSR count). The van der Waals surface area contributed by atoms with E-state index in [9.17, 15) is 4.79 Å². The number of carbonyl (C=O) groups excluding carboxylic acids is 1.